The molecule has 2 nitrogen and oxygen atoms in total. The van der Waals surface area contributed by atoms with Gasteiger partial charge in [0.15, 0.2) is 0 Å². The molecule has 0 spiro atoms. The van der Waals surface area contributed by atoms with Crippen LogP contribution in [0.4, 0.5) is 4.39 Å². The monoisotopic (exact) mass is 207 g/mol. The minimum atomic E-state index is -0.204. The number of aliphatic hydroxyl groups is 1. The molecule has 80 valence electrons. The fraction of sp³-hybridized carbons (Fsp3) is 0.333. The van der Waals surface area contributed by atoms with Crippen LogP contribution < -0.4 is 0 Å². The molecule has 0 saturated heterocycles. The van der Waals surface area contributed by atoms with Crippen LogP contribution in [0.2, 0.25) is 0 Å². The Bertz CT molecular complexity index is 450. The molecule has 0 amide bonds. The number of hydrogen-bond acceptors (Lipinski definition) is 1. The molecule has 0 aliphatic heterocycles. The van der Waals surface area contributed by atoms with Gasteiger partial charge in [0.05, 0.1) is 5.52 Å². The number of aromatic nitrogens is 1. The smallest absolute Gasteiger partial charge is 0.125 e. The fourth-order valence-corrected chi connectivity index (χ4v) is 1.75. The van der Waals surface area contributed by atoms with Gasteiger partial charge in [-0.1, -0.05) is 0 Å². The molecule has 0 radical (unpaired) electrons. The van der Waals surface area contributed by atoms with Gasteiger partial charge >= 0.3 is 0 Å². The maximum atomic E-state index is 13.0. The summed E-state index contributed by atoms with van der Waals surface area (Å²) in [6, 6.07) is 6.79. The molecule has 2 aromatic rings. The van der Waals surface area contributed by atoms with Crippen molar-refractivity contribution in [3.8, 4) is 0 Å². The van der Waals surface area contributed by atoms with E-state index in [9.17, 15) is 4.39 Å². The molecule has 1 heterocycles. The van der Waals surface area contributed by atoms with Crippen molar-refractivity contribution in [2.45, 2.75) is 19.4 Å². The van der Waals surface area contributed by atoms with Crippen molar-refractivity contribution in [1.82, 2.24) is 4.57 Å². The van der Waals surface area contributed by atoms with Crippen LogP contribution in [0.3, 0.4) is 0 Å². The summed E-state index contributed by atoms with van der Waals surface area (Å²) >= 11 is 0. The predicted octanol–water partition coefficient (Wildman–Crippen LogP) is 2.55. The van der Waals surface area contributed by atoms with E-state index in [1.807, 2.05) is 16.8 Å². The number of aliphatic hydroxyl groups excluding tert-OH is 1. The average Bonchev–Trinajstić information content (AvgIpc) is 2.62. The number of unbranched alkanes of at least 4 members (excludes halogenated alkanes) is 1. The van der Waals surface area contributed by atoms with Gasteiger partial charge in [-0.3, -0.25) is 0 Å². The number of nitrogens with zero attached hydrogens (tertiary/aromatic N) is 1. The number of aryl methyl sites for hydroxylation is 1. The molecule has 15 heavy (non-hydrogen) atoms. The van der Waals surface area contributed by atoms with Crippen molar-refractivity contribution in [2.24, 2.45) is 0 Å². The lowest BCUT2D eigenvalue weighted by Gasteiger charge is -2.04. The second kappa shape index (κ2) is 4.45. The van der Waals surface area contributed by atoms with Crippen LogP contribution in [0.5, 0.6) is 0 Å². The third-order valence-corrected chi connectivity index (χ3v) is 2.54. The van der Waals surface area contributed by atoms with Gasteiger partial charge in [0.2, 0.25) is 0 Å². The molecule has 1 aromatic carbocycles. The van der Waals surface area contributed by atoms with E-state index < -0.39 is 0 Å². The Labute approximate surface area is 88.0 Å². The van der Waals surface area contributed by atoms with Gasteiger partial charge in [-0.2, -0.15) is 0 Å². The largest absolute Gasteiger partial charge is 0.396 e. The molecule has 0 bridgehead atoms. The Morgan fingerprint density at radius 2 is 2.07 bits per heavy atom. The highest BCUT2D eigenvalue weighted by Gasteiger charge is 2.01. The lowest BCUT2D eigenvalue weighted by atomic mass is 10.2. The number of fused-ring (bicyclic) bond motifs is 1. The van der Waals surface area contributed by atoms with E-state index in [2.05, 4.69) is 0 Å². The molecular weight excluding hydrogens is 193 g/mol. The van der Waals surface area contributed by atoms with Crippen molar-refractivity contribution in [3.05, 3.63) is 36.3 Å². The van der Waals surface area contributed by atoms with Gasteiger partial charge in [-0.25, -0.2) is 4.39 Å². The highest BCUT2D eigenvalue weighted by atomic mass is 19.1. The van der Waals surface area contributed by atoms with Gasteiger partial charge in [-0.05, 0) is 42.5 Å². The van der Waals surface area contributed by atoms with E-state index in [-0.39, 0.29) is 12.4 Å². The molecule has 1 N–H and O–H groups in total. The molecule has 0 saturated carbocycles. The first-order chi connectivity index (χ1) is 7.31. The highest BCUT2D eigenvalue weighted by molar-refractivity contribution is 5.80. The summed E-state index contributed by atoms with van der Waals surface area (Å²) in [5, 5.41) is 9.74. The average molecular weight is 207 g/mol. The molecule has 0 aliphatic carbocycles. The Hall–Kier alpha value is -1.35. The molecule has 2 rings (SSSR count). The molecule has 1 aromatic heterocycles. The number of benzene rings is 1. The summed E-state index contributed by atoms with van der Waals surface area (Å²) in [5.74, 6) is -0.204. The van der Waals surface area contributed by atoms with E-state index in [1.165, 1.54) is 6.07 Å². The Morgan fingerprint density at radius 3 is 2.87 bits per heavy atom. The second-order valence-electron chi connectivity index (χ2n) is 3.64. The van der Waals surface area contributed by atoms with Crippen molar-refractivity contribution in [2.75, 3.05) is 6.61 Å². The van der Waals surface area contributed by atoms with E-state index in [1.54, 1.807) is 12.1 Å². The van der Waals surface area contributed by atoms with Crippen LogP contribution in [-0.2, 0) is 6.54 Å². The van der Waals surface area contributed by atoms with Crippen LogP contribution in [0.25, 0.3) is 10.9 Å². The van der Waals surface area contributed by atoms with Gasteiger partial charge < -0.3 is 9.67 Å². The Morgan fingerprint density at radius 1 is 1.20 bits per heavy atom. The molecule has 0 unspecified atom stereocenters. The first kappa shape index (κ1) is 10.2. The maximum absolute atomic E-state index is 13.0. The second-order valence-corrected chi connectivity index (χ2v) is 3.64. The number of hydrogen-bond donors (Lipinski definition) is 1. The van der Waals surface area contributed by atoms with E-state index >= 15 is 0 Å². The summed E-state index contributed by atoms with van der Waals surface area (Å²) in [6.07, 6.45) is 3.66. The highest BCUT2D eigenvalue weighted by Crippen LogP contribution is 2.17. The van der Waals surface area contributed by atoms with Crippen LogP contribution in [0, 0.1) is 5.82 Å². The van der Waals surface area contributed by atoms with Crippen LogP contribution in [0.15, 0.2) is 30.5 Å². The van der Waals surface area contributed by atoms with Crippen LogP contribution in [-0.4, -0.2) is 16.3 Å². The standard InChI is InChI=1S/C12H14FNO/c13-11-4-3-10-5-7-14(12(10)9-11)6-1-2-8-15/h3-5,7,9,15H,1-2,6,8H2. The van der Waals surface area contributed by atoms with Crippen LogP contribution in [0.1, 0.15) is 12.8 Å². The van der Waals surface area contributed by atoms with Gasteiger partial charge in [0.1, 0.15) is 5.82 Å². The molecule has 0 aliphatic rings. The molecule has 3 heteroatoms. The van der Waals surface area contributed by atoms with Gasteiger partial charge in [-0.15, -0.1) is 0 Å². The summed E-state index contributed by atoms with van der Waals surface area (Å²) < 4.78 is 15.1. The number of rotatable bonds is 4. The SMILES string of the molecule is OCCCCn1ccc2ccc(F)cc21. The summed E-state index contributed by atoms with van der Waals surface area (Å²) in [7, 11) is 0. The normalized spacial score (nSPS) is 11.1. The summed E-state index contributed by atoms with van der Waals surface area (Å²) in [4.78, 5) is 0. The quantitative estimate of drug-likeness (QED) is 0.766. The fourth-order valence-electron chi connectivity index (χ4n) is 1.75. The van der Waals surface area contributed by atoms with Crippen molar-refractivity contribution < 1.29 is 9.50 Å². The number of halogens is 1. The van der Waals surface area contributed by atoms with Crippen molar-refractivity contribution >= 4 is 10.9 Å². The minimum Gasteiger partial charge on any atom is -0.396 e. The summed E-state index contributed by atoms with van der Waals surface area (Å²) in [5.41, 5.74) is 0.924. The van der Waals surface area contributed by atoms with E-state index in [0.717, 1.165) is 30.3 Å². The maximum Gasteiger partial charge on any atom is 0.125 e. The molecule has 0 atom stereocenters. The van der Waals surface area contributed by atoms with Gasteiger partial charge in [0, 0.05) is 19.3 Å². The molecular formula is C12H14FNO. The zero-order valence-electron chi connectivity index (χ0n) is 8.49. The summed E-state index contributed by atoms with van der Waals surface area (Å²) in [6.45, 7) is 1.04. The third kappa shape index (κ3) is 2.18. The minimum absolute atomic E-state index is 0.204. The topological polar surface area (TPSA) is 25.2 Å². The van der Waals surface area contributed by atoms with Crippen LogP contribution >= 0.6 is 0 Å². The first-order valence-electron chi connectivity index (χ1n) is 5.16. The van der Waals surface area contributed by atoms with E-state index in [0.29, 0.717) is 0 Å². The lowest BCUT2D eigenvalue weighted by molar-refractivity contribution is 0.281. The van der Waals surface area contributed by atoms with Gasteiger partial charge in [0.25, 0.3) is 0 Å². The third-order valence-electron chi connectivity index (χ3n) is 2.54. The lowest BCUT2D eigenvalue weighted by Crippen LogP contribution is -1.97. The zero-order valence-corrected chi connectivity index (χ0v) is 8.49. The zero-order chi connectivity index (χ0) is 10.7. The Balaban J connectivity index is 2.23. The van der Waals surface area contributed by atoms with E-state index in [4.69, 9.17) is 5.11 Å². The predicted molar refractivity (Wildman–Crippen MR) is 58.2 cm³/mol. The Kier molecular flexibility index (Phi) is 3.02. The molecule has 0 fully saturated rings. The van der Waals surface area contributed by atoms with Crippen molar-refractivity contribution in [1.29, 1.82) is 0 Å². The van der Waals surface area contributed by atoms with Crippen molar-refractivity contribution in [3.63, 3.8) is 0 Å². The first-order valence-corrected chi connectivity index (χ1v) is 5.16.